The zero-order valence-corrected chi connectivity index (χ0v) is 16.4. The minimum Gasteiger partial charge on any atom is -0.462 e. The first-order valence-corrected chi connectivity index (χ1v) is 10.3. The Morgan fingerprint density at radius 3 is 2.15 bits per heavy atom. The van der Waals surface area contributed by atoms with Crippen LogP contribution in [-0.4, -0.2) is 23.5 Å². The summed E-state index contributed by atoms with van der Waals surface area (Å²) >= 11 is 0. The van der Waals surface area contributed by atoms with E-state index < -0.39 is 10.9 Å². The standard InChI is InChI=1S/C21H32N2O4/c1-2-27-21(24)17-14-15-19(20(16-17)23(25)26)22-18-12-10-8-6-4-3-5-7-9-11-13-18/h14-16,18,22H,2-13H2,1H3. The lowest BCUT2D eigenvalue weighted by atomic mass is 9.97. The van der Waals surface area contributed by atoms with Crippen molar-refractivity contribution >= 4 is 17.3 Å². The number of nitrogens with zero attached hydrogens (tertiary/aromatic N) is 1. The molecule has 0 radical (unpaired) electrons. The lowest BCUT2D eigenvalue weighted by Gasteiger charge is -2.21. The molecule has 1 aliphatic rings. The maximum absolute atomic E-state index is 11.9. The van der Waals surface area contributed by atoms with E-state index >= 15 is 0 Å². The van der Waals surface area contributed by atoms with Gasteiger partial charge in [-0.05, 0) is 31.9 Å². The van der Waals surface area contributed by atoms with Crippen LogP contribution in [0.4, 0.5) is 11.4 Å². The number of nitro benzene ring substituents is 1. The van der Waals surface area contributed by atoms with E-state index in [9.17, 15) is 14.9 Å². The smallest absolute Gasteiger partial charge is 0.338 e. The van der Waals surface area contributed by atoms with E-state index in [0.29, 0.717) is 5.69 Å². The number of hydrogen-bond donors (Lipinski definition) is 1. The molecule has 2 rings (SSSR count). The molecular weight excluding hydrogens is 344 g/mol. The predicted molar refractivity (Wildman–Crippen MR) is 107 cm³/mol. The molecule has 150 valence electrons. The zero-order chi connectivity index (χ0) is 19.5. The molecule has 0 heterocycles. The predicted octanol–water partition coefficient (Wildman–Crippen LogP) is 5.86. The van der Waals surface area contributed by atoms with Crippen LogP contribution in [0.15, 0.2) is 18.2 Å². The average molecular weight is 376 g/mol. The van der Waals surface area contributed by atoms with E-state index in [1.165, 1.54) is 51.0 Å². The van der Waals surface area contributed by atoms with Crippen molar-refractivity contribution in [1.82, 2.24) is 0 Å². The Labute approximate surface area is 161 Å². The molecule has 1 aliphatic carbocycles. The largest absolute Gasteiger partial charge is 0.462 e. The van der Waals surface area contributed by atoms with Gasteiger partial charge in [0.05, 0.1) is 17.1 Å². The number of anilines is 1. The van der Waals surface area contributed by atoms with Crippen LogP contribution in [-0.2, 0) is 4.74 Å². The summed E-state index contributed by atoms with van der Waals surface area (Å²) in [7, 11) is 0. The molecule has 1 N–H and O–H groups in total. The highest BCUT2D eigenvalue weighted by molar-refractivity contribution is 5.91. The Morgan fingerprint density at radius 1 is 1.07 bits per heavy atom. The summed E-state index contributed by atoms with van der Waals surface area (Å²) in [5.41, 5.74) is 0.643. The molecule has 0 aliphatic heterocycles. The first-order chi connectivity index (χ1) is 13.1. The number of benzene rings is 1. The topological polar surface area (TPSA) is 81.5 Å². The summed E-state index contributed by atoms with van der Waals surface area (Å²) in [6.45, 7) is 1.96. The van der Waals surface area contributed by atoms with Crippen molar-refractivity contribution in [3.63, 3.8) is 0 Å². The maximum atomic E-state index is 11.9. The lowest BCUT2D eigenvalue weighted by Crippen LogP contribution is -2.20. The number of ether oxygens (including phenoxy) is 1. The third kappa shape index (κ3) is 7.19. The van der Waals surface area contributed by atoms with E-state index in [1.807, 2.05) is 0 Å². The van der Waals surface area contributed by atoms with E-state index in [4.69, 9.17) is 4.74 Å². The third-order valence-corrected chi connectivity index (χ3v) is 5.17. The minimum atomic E-state index is -0.529. The first kappa shape index (κ1) is 21.2. The van der Waals surface area contributed by atoms with Crippen LogP contribution in [0.2, 0.25) is 0 Å². The van der Waals surface area contributed by atoms with E-state index in [0.717, 1.165) is 25.7 Å². The molecule has 6 heteroatoms. The highest BCUT2D eigenvalue weighted by Crippen LogP contribution is 2.29. The molecule has 0 atom stereocenters. The molecule has 0 aromatic heterocycles. The highest BCUT2D eigenvalue weighted by atomic mass is 16.6. The van der Waals surface area contributed by atoms with Crippen LogP contribution in [0.5, 0.6) is 0 Å². The van der Waals surface area contributed by atoms with Crippen LogP contribution >= 0.6 is 0 Å². The van der Waals surface area contributed by atoms with Crippen molar-refractivity contribution in [2.45, 2.75) is 83.6 Å². The Balaban J connectivity index is 2.09. The Morgan fingerprint density at radius 2 is 1.63 bits per heavy atom. The van der Waals surface area contributed by atoms with Crippen LogP contribution < -0.4 is 5.32 Å². The molecule has 1 aromatic rings. The van der Waals surface area contributed by atoms with E-state index in [2.05, 4.69) is 5.32 Å². The molecule has 1 aromatic carbocycles. The molecular formula is C21H32N2O4. The second-order valence-corrected chi connectivity index (χ2v) is 7.31. The summed E-state index contributed by atoms with van der Waals surface area (Å²) in [6, 6.07) is 4.79. The first-order valence-electron chi connectivity index (χ1n) is 10.3. The van der Waals surface area contributed by atoms with Gasteiger partial charge in [0, 0.05) is 12.1 Å². The SMILES string of the molecule is CCOC(=O)c1ccc(NC2CCCCCCCCCCC2)c([N+](=O)[O-])c1. The van der Waals surface area contributed by atoms with Gasteiger partial charge in [0.25, 0.3) is 5.69 Å². The number of esters is 1. The quantitative estimate of drug-likeness (QED) is 0.395. The highest BCUT2D eigenvalue weighted by Gasteiger charge is 2.20. The number of hydrogen-bond acceptors (Lipinski definition) is 5. The van der Waals surface area contributed by atoms with Gasteiger partial charge in [-0.1, -0.05) is 57.8 Å². The molecule has 1 saturated carbocycles. The van der Waals surface area contributed by atoms with Gasteiger partial charge < -0.3 is 10.1 Å². The van der Waals surface area contributed by atoms with E-state index in [-0.39, 0.29) is 23.9 Å². The summed E-state index contributed by atoms with van der Waals surface area (Å²) in [6.07, 6.45) is 13.3. The molecule has 0 unspecified atom stereocenters. The number of nitrogens with one attached hydrogen (secondary N) is 1. The Hall–Kier alpha value is -2.11. The normalized spacial score (nSPS) is 17.4. The third-order valence-electron chi connectivity index (χ3n) is 5.17. The van der Waals surface area contributed by atoms with Gasteiger partial charge >= 0.3 is 5.97 Å². The van der Waals surface area contributed by atoms with Crippen LogP contribution in [0.25, 0.3) is 0 Å². The molecule has 0 amide bonds. The fraction of sp³-hybridized carbons (Fsp3) is 0.667. The fourth-order valence-electron chi connectivity index (χ4n) is 3.67. The van der Waals surface area contributed by atoms with Crippen molar-refractivity contribution in [3.05, 3.63) is 33.9 Å². The number of carbonyl (C=O) groups excluding carboxylic acids is 1. The van der Waals surface area contributed by atoms with Gasteiger partial charge in [-0.25, -0.2) is 4.79 Å². The summed E-state index contributed by atoms with van der Waals surface area (Å²) in [4.78, 5) is 23.0. The second kappa shape index (κ2) is 11.6. The number of rotatable bonds is 5. The Bertz CT molecular complexity index is 606. The van der Waals surface area contributed by atoms with Crippen molar-refractivity contribution in [2.24, 2.45) is 0 Å². The average Bonchev–Trinajstić information content (AvgIpc) is 2.64. The molecule has 0 saturated heterocycles. The fourth-order valence-corrected chi connectivity index (χ4v) is 3.67. The second-order valence-electron chi connectivity index (χ2n) is 7.31. The number of carbonyl (C=O) groups is 1. The van der Waals surface area contributed by atoms with Crippen LogP contribution in [0, 0.1) is 10.1 Å². The molecule has 0 bridgehead atoms. The van der Waals surface area contributed by atoms with Crippen molar-refractivity contribution in [2.75, 3.05) is 11.9 Å². The van der Waals surface area contributed by atoms with E-state index in [1.54, 1.807) is 19.1 Å². The van der Waals surface area contributed by atoms with Gasteiger partial charge in [0.2, 0.25) is 0 Å². The molecule has 27 heavy (non-hydrogen) atoms. The molecule has 6 nitrogen and oxygen atoms in total. The van der Waals surface area contributed by atoms with Gasteiger partial charge in [-0.3, -0.25) is 10.1 Å². The summed E-state index contributed by atoms with van der Waals surface area (Å²) in [5, 5.41) is 14.9. The van der Waals surface area contributed by atoms with Crippen molar-refractivity contribution in [3.8, 4) is 0 Å². The lowest BCUT2D eigenvalue weighted by molar-refractivity contribution is -0.384. The monoisotopic (exact) mass is 376 g/mol. The minimum absolute atomic E-state index is 0.0633. The van der Waals surface area contributed by atoms with Crippen LogP contribution in [0.1, 0.15) is 87.9 Å². The van der Waals surface area contributed by atoms with Crippen molar-refractivity contribution < 1.29 is 14.5 Å². The zero-order valence-electron chi connectivity index (χ0n) is 16.4. The molecule has 1 fully saturated rings. The summed E-state index contributed by atoms with van der Waals surface area (Å²) < 4.78 is 4.95. The maximum Gasteiger partial charge on any atom is 0.338 e. The van der Waals surface area contributed by atoms with Gasteiger partial charge in [-0.15, -0.1) is 0 Å². The number of nitro groups is 1. The molecule has 0 spiro atoms. The van der Waals surface area contributed by atoms with Gasteiger partial charge in [0.1, 0.15) is 5.69 Å². The van der Waals surface area contributed by atoms with Gasteiger partial charge in [-0.2, -0.15) is 0 Å². The summed E-state index contributed by atoms with van der Waals surface area (Å²) in [5.74, 6) is -0.529. The Kier molecular flexibility index (Phi) is 9.08. The van der Waals surface area contributed by atoms with Crippen molar-refractivity contribution in [1.29, 1.82) is 0 Å². The van der Waals surface area contributed by atoms with Crippen LogP contribution in [0.3, 0.4) is 0 Å². The van der Waals surface area contributed by atoms with Gasteiger partial charge in [0.15, 0.2) is 0 Å².